The number of methoxy groups -OCH3 is 2. The lowest BCUT2D eigenvalue weighted by Crippen LogP contribution is -2.25. The molecule has 3 heterocycles. The molecule has 49 heavy (non-hydrogen) atoms. The molecule has 2 N–H and O–H groups in total. The van der Waals surface area contributed by atoms with E-state index in [9.17, 15) is 30.4 Å². The first kappa shape index (κ1) is 37.9. The summed E-state index contributed by atoms with van der Waals surface area (Å²) in [6, 6.07) is 6.96. The van der Waals surface area contributed by atoms with Crippen LogP contribution < -0.4 is 24.6 Å². The Balaban J connectivity index is 0.000000223. The van der Waals surface area contributed by atoms with Crippen LogP contribution in [-0.2, 0) is 20.0 Å². The molecule has 0 unspecified atom stereocenters. The molecule has 5 rings (SSSR count). The number of nitrogens with zero attached hydrogens (tertiary/aromatic N) is 7. The number of sulfonamides is 2. The van der Waals surface area contributed by atoms with Crippen molar-refractivity contribution in [2.45, 2.75) is 25.6 Å². The summed E-state index contributed by atoms with van der Waals surface area (Å²) in [5, 5.41) is 7.36. The molecule has 0 amide bonds. The monoisotopic (exact) mass is 803 g/mol. The number of hydrogen-bond donors (Lipinski definition) is 2. The van der Waals surface area contributed by atoms with E-state index in [-0.39, 0.29) is 65.1 Å². The molecule has 0 aliphatic carbocycles. The Bertz CT molecular complexity index is 2350. The lowest BCUT2D eigenvalue weighted by Gasteiger charge is -2.10. The number of ether oxygens (including phenoxy) is 2. The van der Waals surface area contributed by atoms with Gasteiger partial charge in [0.25, 0.3) is 21.0 Å². The summed E-state index contributed by atoms with van der Waals surface area (Å²) in [4.78, 5) is 20.0. The predicted molar refractivity (Wildman–Crippen MR) is 178 cm³/mol. The molecule has 0 saturated carbocycles. The molecule has 0 spiro atoms. The molecule has 0 fully saturated rings. The quantitative estimate of drug-likeness (QED) is 0.204. The molecule has 2 aromatic carbocycles. The summed E-state index contributed by atoms with van der Waals surface area (Å²) >= 11 is 24.0. The summed E-state index contributed by atoms with van der Waals surface area (Å²) < 4.78 is 90.2. The highest BCUT2D eigenvalue weighted by Crippen LogP contribution is 2.35. The molecular weight excluding hydrogens is 782 g/mol. The molecule has 3 aromatic heterocycles. The maximum Gasteiger partial charge on any atom is 0.355 e. The number of nitrogens with one attached hydrogen (secondary N) is 2. The van der Waals surface area contributed by atoms with Gasteiger partial charge in [0, 0.05) is 0 Å². The number of aromatic nitrogens is 7. The highest BCUT2D eigenvalue weighted by molar-refractivity contribution is 7.92. The van der Waals surface area contributed by atoms with Crippen molar-refractivity contribution < 1.29 is 35.1 Å². The third kappa shape index (κ3) is 8.27. The molecule has 264 valence electrons. The molecule has 16 nitrogen and oxygen atoms in total. The zero-order valence-corrected chi connectivity index (χ0v) is 30.2. The van der Waals surface area contributed by atoms with Crippen molar-refractivity contribution in [2.75, 3.05) is 29.9 Å². The fourth-order valence-corrected chi connectivity index (χ4v) is 6.61. The van der Waals surface area contributed by atoms with Crippen LogP contribution in [0, 0.1) is 13.8 Å². The Morgan fingerprint density at radius 2 is 1.55 bits per heavy atom. The number of anilines is 2. The molecule has 0 bridgehead atoms. The van der Waals surface area contributed by atoms with Gasteiger partial charge >= 0.3 is 12.2 Å². The molecule has 0 aliphatic rings. The van der Waals surface area contributed by atoms with Gasteiger partial charge in [-0.05, 0) is 37.6 Å². The average molecular weight is 805 g/mol. The zero-order chi connectivity index (χ0) is 36.6. The lowest BCUT2D eigenvalue weighted by molar-refractivity contribution is 0.0640. The van der Waals surface area contributed by atoms with Gasteiger partial charge in [0.15, 0.2) is 0 Å². The third-order valence-corrected chi connectivity index (χ3v) is 9.29. The second kappa shape index (κ2) is 14.5. The minimum atomic E-state index is -4.18. The number of aryl methyl sites for hydroxylation is 2. The standard InChI is InChI=1S/C14H13Cl2N5O4S.C11H10Cl2F2N4O3S/c1-7-4-5-8(15)12(11(7)16)20-26(22,23)14-18-13-17-9(24-2)6-10(25-3)21(13)19-14;1-5-16-19(11(20)18(5)10(14)15)9-4-8(17-23(2,21)22)6(12)3-7(9)13/h4-6,20H,1-3H3;3-4,10,17H,1-2H3. The highest BCUT2D eigenvalue weighted by Gasteiger charge is 2.26. The summed E-state index contributed by atoms with van der Waals surface area (Å²) in [5.41, 5.74) is -0.569. The van der Waals surface area contributed by atoms with Crippen molar-refractivity contribution in [1.82, 2.24) is 33.9 Å². The predicted octanol–water partition coefficient (Wildman–Crippen LogP) is 4.97. The molecule has 0 atom stereocenters. The van der Waals surface area contributed by atoms with Crippen molar-refractivity contribution in [2.24, 2.45) is 0 Å². The Hall–Kier alpha value is -3.95. The van der Waals surface area contributed by atoms with Crippen molar-refractivity contribution >= 4 is 83.6 Å². The average Bonchev–Trinajstić information content (AvgIpc) is 3.58. The number of halogens is 6. The van der Waals surface area contributed by atoms with E-state index in [1.165, 1.54) is 39.3 Å². The number of hydrogen-bond acceptors (Lipinski definition) is 11. The van der Waals surface area contributed by atoms with E-state index in [1.807, 2.05) is 0 Å². The van der Waals surface area contributed by atoms with E-state index in [4.69, 9.17) is 55.9 Å². The Labute approximate surface area is 296 Å². The largest absolute Gasteiger partial charge is 0.481 e. The first-order valence-corrected chi connectivity index (χ1v) is 17.9. The van der Waals surface area contributed by atoms with Gasteiger partial charge in [0.1, 0.15) is 5.82 Å². The maximum atomic E-state index is 12.8. The van der Waals surface area contributed by atoms with Gasteiger partial charge in [0.2, 0.25) is 21.8 Å². The van der Waals surface area contributed by atoms with Gasteiger partial charge in [-0.2, -0.15) is 36.4 Å². The van der Waals surface area contributed by atoms with E-state index in [0.29, 0.717) is 10.2 Å². The first-order valence-electron chi connectivity index (χ1n) is 13.0. The fraction of sp³-hybridized carbons (Fsp3) is 0.240. The van der Waals surface area contributed by atoms with Gasteiger partial charge in [-0.25, -0.2) is 17.8 Å². The van der Waals surface area contributed by atoms with Crippen molar-refractivity contribution in [3.05, 3.63) is 72.3 Å². The topological polar surface area (TPSA) is 194 Å². The van der Waals surface area contributed by atoms with Crippen molar-refractivity contribution in [1.29, 1.82) is 0 Å². The van der Waals surface area contributed by atoms with E-state index >= 15 is 0 Å². The Morgan fingerprint density at radius 1 is 0.878 bits per heavy atom. The van der Waals surface area contributed by atoms with Crippen LogP contribution in [0.4, 0.5) is 20.2 Å². The van der Waals surface area contributed by atoms with Crippen molar-refractivity contribution in [3.8, 4) is 17.4 Å². The SMILES string of the molecule is COc1cc(OC)n2nc(S(=O)(=O)Nc3c(Cl)ccc(C)c3Cl)nc2n1.Cc1nn(-c2cc(NS(C)(=O)=O)c(Cl)cc2Cl)c(=O)n1C(F)F. The lowest BCUT2D eigenvalue weighted by atomic mass is 10.2. The summed E-state index contributed by atoms with van der Waals surface area (Å²) in [6.45, 7) is -0.125. The number of fused-ring (bicyclic) bond motifs is 1. The van der Waals surface area contributed by atoms with E-state index in [1.54, 1.807) is 13.0 Å². The van der Waals surface area contributed by atoms with Crippen LogP contribution in [0.2, 0.25) is 20.1 Å². The van der Waals surface area contributed by atoms with Crippen LogP contribution >= 0.6 is 46.4 Å². The Kier molecular flexibility index (Phi) is 11.2. The smallest absolute Gasteiger partial charge is 0.355 e. The third-order valence-electron chi connectivity index (χ3n) is 6.15. The van der Waals surface area contributed by atoms with Crippen LogP contribution in [0.1, 0.15) is 17.9 Å². The van der Waals surface area contributed by atoms with E-state index in [0.717, 1.165) is 16.8 Å². The van der Waals surface area contributed by atoms with Gasteiger partial charge in [0.05, 0.1) is 63.7 Å². The van der Waals surface area contributed by atoms with E-state index < -0.39 is 37.4 Å². The highest BCUT2D eigenvalue weighted by atomic mass is 35.5. The molecule has 5 aromatic rings. The number of benzene rings is 2. The number of alkyl halides is 2. The molecular formula is C25H23Cl4F2N9O7S2. The summed E-state index contributed by atoms with van der Waals surface area (Å²) in [6.07, 6.45) is 0.902. The van der Waals surface area contributed by atoms with Gasteiger partial charge < -0.3 is 9.47 Å². The maximum absolute atomic E-state index is 12.8. The second-order valence-electron chi connectivity index (χ2n) is 9.65. The second-order valence-corrected chi connectivity index (χ2v) is 14.6. The Morgan fingerprint density at radius 3 is 2.12 bits per heavy atom. The minimum Gasteiger partial charge on any atom is -0.481 e. The molecule has 24 heteroatoms. The summed E-state index contributed by atoms with van der Waals surface area (Å²) in [5.74, 6) is 0.160. The van der Waals surface area contributed by atoms with Gasteiger partial charge in [-0.3, -0.25) is 9.44 Å². The zero-order valence-electron chi connectivity index (χ0n) is 25.5. The normalized spacial score (nSPS) is 11.8. The van der Waals surface area contributed by atoms with Gasteiger partial charge in [-0.1, -0.05) is 52.5 Å². The molecule has 0 saturated heterocycles. The first-order chi connectivity index (χ1) is 22.8. The summed E-state index contributed by atoms with van der Waals surface area (Å²) in [7, 11) is -5.02. The van der Waals surface area contributed by atoms with Gasteiger partial charge in [-0.15, -0.1) is 10.2 Å². The van der Waals surface area contributed by atoms with Crippen LogP contribution in [0.5, 0.6) is 11.8 Å². The number of rotatable bonds is 9. The van der Waals surface area contributed by atoms with Crippen LogP contribution in [0.25, 0.3) is 11.5 Å². The van der Waals surface area contributed by atoms with Crippen LogP contribution in [-0.4, -0.2) is 71.2 Å². The fourth-order valence-electron chi connectivity index (χ4n) is 3.93. The van der Waals surface area contributed by atoms with Crippen LogP contribution in [0.15, 0.2) is 40.3 Å². The van der Waals surface area contributed by atoms with E-state index in [2.05, 4.69) is 29.6 Å². The minimum absolute atomic E-state index is 0.0111. The molecule has 0 aliphatic heterocycles. The van der Waals surface area contributed by atoms with Crippen LogP contribution in [0.3, 0.4) is 0 Å². The molecule has 0 radical (unpaired) electrons. The van der Waals surface area contributed by atoms with Crippen molar-refractivity contribution in [3.63, 3.8) is 0 Å².